The highest BCUT2D eigenvalue weighted by Gasteiger charge is 2.22. The van der Waals surface area contributed by atoms with Gasteiger partial charge in [0.2, 0.25) is 0 Å². The Hall–Kier alpha value is 0.901. The van der Waals surface area contributed by atoms with Crippen molar-refractivity contribution in [3.05, 3.63) is 0 Å². The zero-order chi connectivity index (χ0) is 9.02. The van der Waals surface area contributed by atoms with E-state index in [1.807, 2.05) is 0 Å². The summed E-state index contributed by atoms with van der Waals surface area (Å²) in [6.07, 6.45) is 0. The fraction of sp³-hybridized carbons (Fsp3) is 1.00. The van der Waals surface area contributed by atoms with Crippen LogP contribution in [0.1, 0.15) is 6.92 Å². The molecule has 0 saturated carbocycles. The van der Waals surface area contributed by atoms with Crippen molar-refractivity contribution in [1.29, 1.82) is 0 Å². The van der Waals surface area contributed by atoms with Crippen LogP contribution in [-0.2, 0) is 0 Å². The SMILES string of the molecule is CC[SiH](Cl)N([SiH](C)C)[SiH](C)C. The molecular formula is C6H20ClNSi3. The summed E-state index contributed by atoms with van der Waals surface area (Å²) in [6.45, 7) is 11.8. The molecule has 0 fully saturated rings. The summed E-state index contributed by atoms with van der Waals surface area (Å²) < 4.78 is 2.74. The van der Waals surface area contributed by atoms with Crippen LogP contribution in [0.4, 0.5) is 0 Å². The number of halogens is 1. The first-order valence-corrected chi connectivity index (χ1v) is 13.1. The quantitative estimate of drug-likeness (QED) is 0.521. The molecule has 0 rings (SSSR count). The normalized spacial score (nSPS) is 15.0. The van der Waals surface area contributed by atoms with Gasteiger partial charge in [-0.25, -0.2) is 0 Å². The van der Waals surface area contributed by atoms with Crippen LogP contribution in [0.3, 0.4) is 0 Å². The Labute approximate surface area is 80.5 Å². The number of nitrogens with zero attached hydrogens (tertiary/aromatic N) is 1. The molecule has 0 aromatic carbocycles. The molecule has 0 saturated heterocycles. The van der Waals surface area contributed by atoms with Gasteiger partial charge in [-0.3, -0.25) is 0 Å². The topological polar surface area (TPSA) is 3.24 Å². The maximum Gasteiger partial charge on any atom is 0.200 e. The molecule has 0 aliphatic rings. The predicted molar refractivity (Wildman–Crippen MR) is 63.1 cm³/mol. The van der Waals surface area contributed by atoms with Crippen LogP contribution in [0.2, 0.25) is 32.2 Å². The fourth-order valence-corrected chi connectivity index (χ4v) is 17.1. The number of rotatable bonds is 4. The number of hydrogen-bond donors (Lipinski definition) is 0. The second-order valence-corrected chi connectivity index (χ2v) is 14.6. The average molecular weight is 226 g/mol. The minimum Gasteiger partial charge on any atom is -0.364 e. The molecule has 1 atom stereocenters. The van der Waals surface area contributed by atoms with Gasteiger partial charge < -0.3 is 3.90 Å². The molecule has 0 spiro atoms. The first-order valence-electron chi connectivity index (χ1n) is 4.42. The standard InChI is InChI=1S/C6H20ClNSi3/c1-6-11(7)8(9(2)3)10(4)5/h9-11H,6H2,1-5H3. The second kappa shape index (κ2) is 5.53. The van der Waals surface area contributed by atoms with Crippen LogP contribution in [0.15, 0.2) is 0 Å². The molecule has 0 aromatic heterocycles. The first-order chi connectivity index (χ1) is 5.00. The molecule has 1 nitrogen and oxygen atoms in total. The van der Waals surface area contributed by atoms with E-state index < -0.39 is 26.2 Å². The van der Waals surface area contributed by atoms with Gasteiger partial charge in [0, 0.05) is 0 Å². The molecule has 5 heteroatoms. The van der Waals surface area contributed by atoms with Gasteiger partial charge in [-0.2, -0.15) is 11.1 Å². The van der Waals surface area contributed by atoms with Crippen molar-refractivity contribution in [2.75, 3.05) is 0 Å². The van der Waals surface area contributed by atoms with Crippen molar-refractivity contribution in [3.63, 3.8) is 0 Å². The average Bonchev–Trinajstić information content (AvgIpc) is 1.85. The molecule has 0 radical (unpaired) electrons. The molecule has 1 unspecified atom stereocenters. The summed E-state index contributed by atoms with van der Waals surface area (Å²) in [4.78, 5) is 0. The summed E-state index contributed by atoms with van der Waals surface area (Å²) in [5, 5.41) is 0. The molecule has 68 valence electrons. The largest absolute Gasteiger partial charge is 0.364 e. The third-order valence-electron chi connectivity index (χ3n) is 1.85. The molecule has 0 heterocycles. The molecule has 0 aromatic rings. The summed E-state index contributed by atoms with van der Waals surface area (Å²) in [6, 6.07) is 1.22. The molecule has 0 aliphatic carbocycles. The van der Waals surface area contributed by atoms with E-state index in [2.05, 4.69) is 37.0 Å². The van der Waals surface area contributed by atoms with E-state index in [1.54, 1.807) is 0 Å². The molecule has 0 bridgehead atoms. The summed E-state index contributed by atoms with van der Waals surface area (Å²) in [5.74, 6) is 0. The zero-order valence-corrected chi connectivity index (χ0v) is 12.5. The summed E-state index contributed by atoms with van der Waals surface area (Å²) in [7, 11) is -2.17. The molecular weight excluding hydrogens is 206 g/mol. The highest BCUT2D eigenvalue weighted by atomic mass is 35.6. The molecule has 0 N–H and O–H groups in total. The van der Waals surface area contributed by atoms with Crippen LogP contribution < -0.4 is 0 Å². The molecule has 0 aliphatic heterocycles. The van der Waals surface area contributed by atoms with Gasteiger partial charge in [0.05, 0.1) is 17.9 Å². The zero-order valence-electron chi connectivity index (χ0n) is 8.26. The Morgan fingerprint density at radius 3 is 1.55 bits per heavy atom. The van der Waals surface area contributed by atoms with Gasteiger partial charge in [-0.1, -0.05) is 33.1 Å². The van der Waals surface area contributed by atoms with Crippen molar-refractivity contribution < 1.29 is 0 Å². The Balaban J connectivity index is 4.09. The van der Waals surface area contributed by atoms with Crippen molar-refractivity contribution >= 4 is 37.3 Å². The predicted octanol–water partition coefficient (Wildman–Crippen LogP) is 1.73. The van der Waals surface area contributed by atoms with Crippen molar-refractivity contribution in [1.82, 2.24) is 3.90 Å². The third kappa shape index (κ3) is 3.89. The van der Waals surface area contributed by atoms with Crippen LogP contribution in [0, 0.1) is 0 Å². The Morgan fingerprint density at radius 2 is 1.45 bits per heavy atom. The smallest absolute Gasteiger partial charge is 0.200 e. The minimum atomic E-state index is -0.983. The van der Waals surface area contributed by atoms with E-state index >= 15 is 0 Å². The summed E-state index contributed by atoms with van der Waals surface area (Å²) in [5.41, 5.74) is 0. The highest BCUT2D eigenvalue weighted by Crippen LogP contribution is 2.10. The van der Waals surface area contributed by atoms with Gasteiger partial charge in [0.1, 0.15) is 0 Å². The Kier molecular flexibility index (Phi) is 5.98. The number of hydrogen-bond acceptors (Lipinski definition) is 1. The van der Waals surface area contributed by atoms with E-state index in [0.717, 1.165) is 0 Å². The Morgan fingerprint density at radius 1 is 1.09 bits per heavy atom. The first kappa shape index (κ1) is 11.9. The maximum absolute atomic E-state index is 6.36. The highest BCUT2D eigenvalue weighted by molar-refractivity contribution is 7.12. The van der Waals surface area contributed by atoms with Gasteiger partial charge >= 0.3 is 0 Å². The lowest BCUT2D eigenvalue weighted by Crippen LogP contribution is -2.50. The fourth-order valence-electron chi connectivity index (χ4n) is 1.45. The summed E-state index contributed by atoms with van der Waals surface area (Å²) >= 11 is 6.36. The van der Waals surface area contributed by atoms with Crippen LogP contribution in [0.25, 0.3) is 0 Å². The van der Waals surface area contributed by atoms with Crippen LogP contribution in [0.5, 0.6) is 0 Å². The lowest BCUT2D eigenvalue weighted by Gasteiger charge is -2.32. The van der Waals surface area contributed by atoms with Gasteiger partial charge in [0.15, 0.2) is 8.27 Å². The van der Waals surface area contributed by atoms with E-state index in [4.69, 9.17) is 11.1 Å². The van der Waals surface area contributed by atoms with E-state index in [9.17, 15) is 0 Å². The van der Waals surface area contributed by atoms with Crippen LogP contribution >= 0.6 is 11.1 Å². The lowest BCUT2D eigenvalue weighted by atomic mass is 11.0. The second-order valence-electron chi connectivity index (χ2n) is 3.48. The van der Waals surface area contributed by atoms with Crippen molar-refractivity contribution in [2.45, 2.75) is 39.2 Å². The van der Waals surface area contributed by atoms with Gasteiger partial charge in [0.25, 0.3) is 0 Å². The van der Waals surface area contributed by atoms with Crippen molar-refractivity contribution in [2.24, 2.45) is 0 Å². The van der Waals surface area contributed by atoms with Crippen molar-refractivity contribution in [3.8, 4) is 0 Å². The Bertz CT molecular complexity index is 102. The van der Waals surface area contributed by atoms with E-state index in [1.165, 1.54) is 6.04 Å². The van der Waals surface area contributed by atoms with E-state index in [-0.39, 0.29) is 0 Å². The minimum absolute atomic E-state index is 0.594. The maximum atomic E-state index is 6.36. The lowest BCUT2D eigenvalue weighted by molar-refractivity contribution is 1.00. The molecule has 0 amide bonds. The van der Waals surface area contributed by atoms with E-state index in [0.29, 0.717) is 0 Å². The monoisotopic (exact) mass is 225 g/mol. The van der Waals surface area contributed by atoms with Gasteiger partial charge in [-0.15, -0.1) is 0 Å². The third-order valence-corrected chi connectivity index (χ3v) is 17.6. The van der Waals surface area contributed by atoms with Crippen LogP contribution in [-0.4, -0.2) is 30.1 Å². The van der Waals surface area contributed by atoms with Gasteiger partial charge in [-0.05, 0) is 6.04 Å². The molecule has 11 heavy (non-hydrogen) atoms.